The van der Waals surface area contributed by atoms with E-state index in [0.29, 0.717) is 5.92 Å². The van der Waals surface area contributed by atoms with Crippen molar-refractivity contribution in [1.29, 1.82) is 0 Å². The van der Waals surface area contributed by atoms with Crippen LogP contribution in [0.15, 0.2) is 15.8 Å². The third-order valence-corrected chi connectivity index (χ3v) is 7.69. The number of hydrogen-bond acceptors (Lipinski definition) is 6. The van der Waals surface area contributed by atoms with Gasteiger partial charge in [0.25, 0.3) is 0 Å². The molecule has 0 aliphatic heterocycles. The van der Waals surface area contributed by atoms with Crippen molar-refractivity contribution in [3.8, 4) is 9.88 Å². The Morgan fingerprint density at radius 2 is 2.27 bits per heavy atom. The molecule has 0 bridgehead atoms. The normalized spacial score (nSPS) is 21.1. The number of fused-ring (bicyclic) bond motifs is 1. The van der Waals surface area contributed by atoms with Crippen molar-refractivity contribution in [3.63, 3.8) is 0 Å². The number of ketones is 1. The van der Waals surface area contributed by atoms with Crippen molar-refractivity contribution in [2.45, 2.75) is 30.9 Å². The van der Waals surface area contributed by atoms with Crippen LogP contribution >= 0.6 is 34.4 Å². The lowest BCUT2D eigenvalue weighted by molar-refractivity contribution is 0.0875. The molecule has 22 heavy (non-hydrogen) atoms. The number of nitrogens with zero attached hydrogens (tertiary/aromatic N) is 1. The summed E-state index contributed by atoms with van der Waals surface area (Å²) in [5.74, 6) is 1.59. The van der Waals surface area contributed by atoms with E-state index in [0.717, 1.165) is 33.4 Å². The summed E-state index contributed by atoms with van der Waals surface area (Å²) in [6.45, 7) is 4.40. The second-order valence-corrected chi connectivity index (χ2v) is 8.95. The number of thiazole rings is 1. The summed E-state index contributed by atoms with van der Waals surface area (Å²) in [6.07, 6.45) is 3.53. The first-order valence-corrected chi connectivity index (χ1v) is 10.1. The van der Waals surface area contributed by atoms with E-state index in [1.807, 2.05) is 18.5 Å². The standard InChI is InChI=1S/C16H19NO2S3/c1-9-8-11-12(13(19)10(9)2)16(21-6-3-5-18)22-14(11)15-17-4-7-20-15/h4,7,9-10,18H,3,5-6,8H2,1-2H3. The fraction of sp³-hybridized carbons (Fsp3) is 0.500. The number of thioether (sulfide) groups is 1. The third-order valence-electron chi connectivity index (χ3n) is 4.18. The molecule has 3 nitrogen and oxygen atoms in total. The molecule has 2 aromatic rings. The van der Waals surface area contributed by atoms with Crippen molar-refractivity contribution in [2.75, 3.05) is 12.4 Å². The van der Waals surface area contributed by atoms with Gasteiger partial charge < -0.3 is 5.11 Å². The number of aliphatic hydroxyl groups is 1. The highest BCUT2D eigenvalue weighted by atomic mass is 32.2. The average molecular weight is 354 g/mol. The quantitative estimate of drug-likeness (QED) is 0.641. The Balaban J connectivity index is 2.04. The Bertz CT molecular complexity index is 663. The summed E-state index contributed by atoms with van der Waals surface area (Å²) in [7, 11) is 0. The Morgan fingerprint density at radius 3 is 2.95 bits per heavy atom. The van der Waals surface area contributed by atoms with E-state index in [1.165, 1.54) is 10.4 Å². The van der Waals surface area contributed by atoms with Gasteiger partial charge in [-0.25, -0.2) is 4.98 Å². The van der Waals surface area contributed by atoms with Crippen LogP contribution in [0.3, 0.4) is 0 Å². The first kappa shape index (κ1) is 16.2. The van der Waals surface area contributed by atoms with E-state index in [4.69, 9.17) is 5.11 Å². The highest BCUT2D eigenvalue weighted by Crippen LogP contribution is 2.47. The summed E-state index contributed by atoms with van der Waals surface area (Å²) in [6, 6.07) is 0. The lowest BCUT2D eigenvalue weighted by Crippen LogP contribution is -2.27. The molecule has 0 fully saturated rings. The molecule has 118 valence electrons. The number of carbonyl (C=O) groups is 1. The van der Waals surface area contributed by atoms with E-state index < -0.39 is 0 Å². The van der Waals surface area contributed by atoms with Crippen molar-refractivity contribution >= 4 is 40.2 Å². The molecule has 2 aromatic heterocycles. The minimum absolute atomic E-state index is 0.0865. The van der Waals surface area contributed by atoms with Crippen molar-refractivity contribution < 1.29 is 9.90 Å². The lowest BCUT2D eigenvalue weighted by Gasteiger charge is -2.25. The molecular formula is C16H19NO2S3. The van der Waals surface area contributed by atoms with Gasteiger partial charge in [-0.1, -0.05) is 13.8 Å². The van der Waals surface area contributed by atoms with Crippen LogP contribution in [0.4, 0.5) is 0 Å². The number of rotatable bonds is 5. The molecule has 0 spiro atoms. The van der Waals surface area contributed by atoms with Gasteiger partial charge in [-0.15, -0.1) is 34.4 Å². The van der Waals surface area contributed by atoms with Gasteiger partial charge in [-0.05, 0) is 24.3 Å². The maximum atomic E-state index is 12.8. The highest BCUT2D eigenvalue weighted by Gasteiger charge is 2.35. The Morgan fingerprint density at radius 1 is 1.45 bits per heavy atom. The first-order valence-electron chi connectivity index (χ1n) is 7.46. The van der Waals surface area contributed by atoms with Crippen molar-refractivity contribution in [1.82, 2.24) is 4.98 Å². The molecule has 3 rings (SSSR count). The maximum absolute atomic E-state index is 12.8. The Hall–Kier alpha value is -0.690. The predicted octanol–water partition coefficient (Wildman–Crippen LogP) is 4.36. The van der Waals surface area contributed by atoms with Crippen LogP contribution in [0.2, 0.25) is 0 Å². The fourth-order valence-electron chi connectivity index (χ4n) is 2.71. The van der Waals surface area contributed by atoms with Crippen LogP contribution in [-0.4, -0.2) is 28.2 Å². The second-order valence-electron chi connectivity index (χ2n) is 5.67. The minimum Gasteiger partial charge on any atom is -0.396 e. The number of aliphatic hydroxyl groups excluding tert-OH is 1. The summed E-state index contributed by atoms with van der Waals surface area (Å²) in [5.41, 5.74) is 2.13. The molecule has 0 amide bonds. The molecule has 0 saturated heterocycles. The SMILES string of the molecule is CC1Cc2c(-c3nccs3)sc(SCCCO)c2C(=O)C1C. The summed E-state index contributed by atoms with van der Waals surface area (Å²) >= 11 is 5.03. The zero-order valence-electron chi connectivity index (χ0n) is 12.7. The Kier molecular flexibility index (Phi) is 5.02. The number of thiophene rings is 1. The molecule has 0 saturated carbocycles. The molecule has 1 N–H and O–H groups in total. The zero-order valence-corrected chi connectivity index (χ0v) is 15.1. The van der Waals surface area contributed by atoms with Gasteiger partial charge in [0.2, 0.25) is 0 Å². The molecule has 0 aromatic carbocycles. The number of hydrogen-bond donors (Lipinski definition) is 1. The second kappa shape index (κ2) is 6.83. The van der Waals surface area contributed by atoms with Crippen LogP contribution < -0.4 is 0 Å². The van der Waals surface area contributed by atoms with Gasteiger partial charge in [0.1, 0.15) is 5.01 Å². The first-order chi connectivity index (χ1) is 10.6. The van der Waals surface area contributed by atoms with E-state index >= 15 is 0 Å². The highest BCUT2D eigenvalue weighted by molar-refractivity contribution is 8.01. The van der Waals surface area contributed by atoms with Gasteiger partial charge in [0, 0.05) is 35.4 Å². The summed E-state index contributed by atoms with van der Waals surface area (Å²) in [4.78, 5) is 18.4. The molecule has 2 heterocycles. The van der Waals surface area contributed by atoms with Crippen LogP contribution in [0.1, 0.15) is 36.2 Å². The zero-order chi connectivity index (χ0) is 15.7. The molecule has 6 heteroatoms. The van der Waals surface area contributed by atoms with E-state index in [1.54, 1.807) is 34.4 Å². The molecule has 2 atom stereocenters. The van der Waals surface area contributed by atoms with Crippen LogP contribution in [0, 0.1) is 11.8 Å². The molecule has 1 aliphatic carbocycles. The maximum Gasteiger partial charge on any atom is 0.168 e. The van der Waals surface area contributed by atoms with Crippen molar-refractivity contribution in [2.24, 2.45) is 11.8 Å². The summed E-state index contributed by atoms with van der Waals surface area (Å²) < 4.78 is 1.11. The van der Waals surface area contributed by atoms with Crippen LogP contribution in [0.5, 0.6) is 0 Å². The number of carbonyl (C=O) groups excluding carboxylic acids is 1. The molecule has 1 aliphatic rings. The smallest absolute Gasteiger partial charge is 0.168 e. The third kappa shape index (κ3) is 2.89. The number of aromatic nitrogens is 1. The van der Waals surface area contributed by atoms with Gasteiger partial charge in [-0.3, -0.25) is 4.79 Å². The number of Topliss-reactive ketones (excluding diaryl/α,β-unsaturated/α-hetero) is 1. The van der Waals surface area contributed by atoms with Gasteiger partial charge >= 0.3 is 0 Å². The monoisotopic (exact) mass is 353 g/mol. The van der Waals surface area contributed by atoms with Gasteiger partial charge in [0.15, 0.2) is 5.78 Å². The van der Waals surface area contributed by atoms with Crippen molar-refractivity contribution in [3.05, 3.63) is 22.7 Å². The fourth-order valence-corrected chi connectivity index (χ4v) is 6.10. The predicted molar refractivity (Wildman–Crippen MR) is 94.2 cm³/mol. The molecule has 2 unspecified atom stereocenters. The average Bonchev–Trinajstić information content (AvgIpc) is 3.13. The van der Waals surface area contributed by atoms with E-state index in [9.17, 15) is 4.79 Å². The Labute approximate surface area is 142 Å². The largest absolute Gasteiger partial charge is 0.396 e. The van der Waals surface area contributed by atoms with E-state index in [-0.39, 0.29) is 18.3 Å². The topological polar surface area (TPSA) is 50.2 Å². The molecular weight excluding hydrogens is 334 g/mol. The lowest BCUT2D eigenvalue weighted by atomic mass is 9.78. The molecule has 0 radical (unpaired) electrons. The van der Waals surface area contributed by atoms with Crippen LogP contribution in [-0.2, 0) is 6.42 Å². The van der Waals surface area contributed by atoms with E-state index in [2.05, 4.69) is 11.9 Å². The minimum atomic E-state index is 0.0865. The van der Waals surface area contributed by atoms with Gasteiger partial charge in [-0.2, -0.15) is 0 Å². The van der Waals surface area contributed by atoms with Crippen LogP contribution in [0.25, 0.3) is 9.88 Å². The van der Waals surface area contributed by atoms with Gasteiger partial charge in [0.05, 0.1) is 9.09 Å². The summed E-state index contributed by atoms with van der Waals surface area (Å²) in [5, 5.41) is 12.0.